The molecule has 2 aliphatic rings. The van der Waals surface area contributed by atoms with E-state index in [1.807, 2.05) is 6.07 Å². The molecule has 0 aliphatic carbocycles. The Balaban J connectivity index is 1.66. The van der Waals surface area contributed by atoms with Crippen LogP contribution in [0, 0.1) is 5.82 Å². The molecule has 0 unspecified atom stereocenters. The standard InChI is InChI=1S/C17H26FN3O/c18-15-13-17(21-5-2-1-3-6-21)16(19)12-14(15)4-7-20-8-10-22-11-9-20/h12-13H,1-11,19H2. The van der Waals surface area contributed by atoms with Crippen LogP contribution in [0.5, 0.6) is 0 Å². The highest BCUT2D eigenvalue weighted by molar-refractivity contribution is 5.69. The van der Waals surface area contributed by atoms with Gasteiger partial charge in [-0.25, -0.2) is 4.39 Å². The zero-order valence-electron chi connectivity index (χ0n) is 13.2. The topological polar surface area (TPSA) is 41.7 Å². The molecule has 1 aromatic carbocycles. The zero-order valence-corrected chi connectivity index (χ0v) is 13.2. The Morgan fingerprint density at radius 2 is 1.77 bits per heavy atom. The number of hydrogen-bond donors (Lipinski definition) is 1. The fourth-order valence-electron chi connectivity index (χ4n) is 3.33. The Morgan fingerprint density at radius 3 is 2.50 bits per heavy atom. The van der Waals surface area contributed by atoms with Crippen LogP contribution >= 0.6 is 0 Å². The van der Waals surface area contributed by atoms with Crippen LogP contribution in [-0.4, -0.2) is 50.8 Å². The summed E-state index contributed by atoms with van der Waals surface area (Å²) in [5, 5.41) is 0. The van der Waals surface area contributed by atoms with Crippen LogP contribution in [0.25, 0.3) is 0 Å². The first-order chi connectivity index (χ1) is 10.7. The van der Waals surface area contributed by atoms with E-state index in [1.165, 1.54) is 19.3 Å². The molecule has 2 aliphatic heterocycles. The first kappa shape index (κ1) is 15.6. The summed E-state index contributed by atoms with van der Waals surface area (Å²) in [5.74, 6) is -0.122. The summed E-state index contributed by atoms with van der Waals surface area (Å²) in [6.07, 6.45) is 4.30. The molecular formula is C17H26FN3O. The van der Waals surface area contributed by atoms with Gasteiger partial charge in [-0.15, -0.1) is 0 Å². The molecule has 0 bridgehead atoms. The monoisotopic (exact) mass is 307 g/mol. The number of rotatable bonds is 4. The Bertz CT molecular complexity index is 497. The van der Waals surface area contributed by atoms with Crippen LogP contribution in [0.1, 0.15) is 24.8 Å². The van der Waals surface area contributed by atoms with Crippen molar-refractivity contribution >= 4 is 11.4 Å². The fraction of sp³-hybridized carbons (Fsp3) is 0.647. The third-order valence-corrected chi connectivity index (χ3v) is 4.69. The lowest BCUT2D eigenvalue weighted by Gasteiger charge is -2.30. The number of piperidine rings is 1. The van der Waals surface area contributed by atoms with Crippen LogP contribution in [0.4, 0.5) is 15.8 Å². The number of benzene rings is 1. The number of morpholine rings is 1. The van der Waals surface area contributed by atoms with E-state index in [0.717, 1.165) is 57.2 Å². The molecule has 5 heteroatoms. The second kappa shape index (κ2) is 7.29. The van der Waals surface area contributed by atoms with Gasteiger partial charge in [-0.1, -0.05) is 0 Å². The van der Waals surface area contributed by atoms with Crippen molar-refractivity contribution in [3.63, 3.8) is 0 Å². The summed E-state index contributed by atoms with van der Waals surface area (Å²) in [7, 11) is 0. The molecule has 0 aromatic heterocycles. The first-order valence-electron chi connectivity index (χ1n) is 8.37. The molecule has 1 aromatic rings. The number of ether oxygens (including phenoxy) is 1. The zero-order chi connectivity index (χ0) is 15.4. The van der Waals surface area contributed by atoms with E-state index in [1.54, 1.807) is 6.07 Å². The maximum atomic E-state index is 14.4. The van der Waals surface area contributed by atoms with Crippen LogP contribution < -0.4 is 10.6 Å². The average molecular weight is 307 g/mol. The molecule has 2 saturated heterocycles. The molecule has 122 valence electrons. The molecule has 2 fully saturated rings. The van der Waals surface area contributed by atoms with E-state index < -0.39 is 0 Å². The van der Waals surface area contributed by atoms with E-state index in [4.69, 9.17) is 10.5 Å². The van der Waals surface area contributed by atoms with Gasteiger partial charge in [0, 0.05) is 32.7 Å². The highest BCUT2D eigenvalue weighted by Gasteiger charge is 2.17. The van der Waals surface area contributed by atoms with Gasteiger partial charge >= 0.3 is 0 Å². The van der Waals surface area contributed by atoms with Crippen molar-refractivity contribution in [1.82, 2.24) is 4.90 Å². The summed E-state index contributed by atoms with van der Waals surface area (Å²) < 4.78 is 19.8. The lowest BCUT2D eigenvalue weighted by atomic mass is 10.1. The number of anilines is 2. The predicted molar refractivity (Wildman–Crippen MR) is 87.8 cm³/mol. The molecule has 2 N–H and O–H groups in total. The smallest absolute Gasteiger partial charge is 0.128 e. The third kappa shape index (κ3) is 3.70. The summed E-state index contributed by atoms with van der Waals surface area (Å²) in [5.41, 5.74) is 8.49. The van der Waals surface area contributed by atoms with Crippen molar-refractivity contribution in [3.8, 4) is 0 Å². The largest absolute Gasteiger partial charge is 0.397 e. The van der Waals surface area contributed by atoms with Crippen LogP contribution in [0.15, 0.2) is 12.1 Å². The van der Waals surface area contributed by atoms with Crippen molar-refractivity contribution in [1.29, 1.82) is 0 Å². The minimum absolute atomic E-state index is 0.122. The number of halogens is 1. The maximum absolute atomic E-state index is 14.4. The third-order valence-electron chi connectivity index (χ3n) is 4.69. The fourth-order valence-corrected chi connectivity index (χ4v) is 3.33. The lowest BCUT2D eigenvalue weighted by molar-refractivity contribution is 0.0383. The summed E-state index contributed by atoms with van der Waals surface area (Å²) >= 11 is 0. The Morgan fingerprint density at radius 1 is 1.05 bits per heavy atom. The number of nitrogen functional groups attached to an aromatic ring is 1. The molecule has 3 rings (SSSR count). The van der Waals surface area contributed by atoms with Crippen molar-refractivity contribution in [2.45, 2.75) is 25.7 Å². The van der Waals surface area contributed by atoms with Crippen LogP contribution in [-0.2, 0) is 11.2 Å². The minimum Gasteiger partial charge on any atom is -0.397 e. The van der Waals surface area contributed by atoms with Gasteiger partial charge in [-0.2, -0.15) is 0 Å². The van der Waals surface area contributed by atoms with E-state index in [9.17, 15) is 4.39 Å². The molecule has 0 saturated carbocycles. The highest BCUT2D eigenvalue weighted by atomic mass is 19.1. The molecule has 0 amide bonds. The van der Waals surface area contributed by atoms with E-state index in [0.29, 0.717) is 12.1 Å². The Kier molecular flexibility index (Phi) is 5.16. The van der Waals surface area contributed by atoms with E-state index in [2.05, 4.69) is 9.80 Å². The van der Waals surface area contributed by atoms with Gasteiger partial charge < -0.3 is 15.4 Å². The van der Waals surface area contributed by atoms with Crippen LogP contribution in [0.3, 0.4) is 0 Å². The number of nitrogens with two attached hydrogens (primary N) is 1. The summed E-state index contributed by atoms with van der Waals surface area (Å²) in [4.78, 5) is 4.53. The highest BCUT2D eigenvalue weighted by Crippen LogP contribution is 2.29. The quantitative estimate of drug-likeness (QED) is 0.867. The minimum atomic E-state index is -0.122. The lowest BCUT2D eigenvalue weighted by Crippen LogP contribution is -2.37. The van der Waals surface area contributed by atoms with Crippen molar-refractivity contribution in [3.05, 3.63) is 23.5 Å². The molecule has 4 nitrogen and oxygen atoms in total. The van der Waals surface area contributed by atoms with Gasteiger partial charge in [0.15, 0.2) is 0 Å². The van der Waals surface area contributed by atoms with Crippen molar-refractivity contribution in [2.24, 2.45) is 0 Å². The van der Waals surface area contributed by atoms with Crippen molar-refractivity contribution < 1.29 is 9.13 Å². The molecule has 0 atom stereocenters. The van der Waals surface area contributed by atoms with Gasteiger partial charge in [0.1, 0.15) is 5.82 Å². The predicted octanol–water partition coefficient (Wildman–Crippen LogP) is 2.27. The SMILES string of the molecule is Nc1cc(CCN2CCOCC2)c(F)cc1N1CCCCC1. The van der Waals surface area contributed by atoms with Gasteiger partial charge in [0.05, 0.1) is 24.6 Å². The molecule has 0 radical (unpaired) electrons. The average Bonchev–Trinajstić information content (AvgIpc) is 2.57. The van der Waals surface area contributed by atoms with Crippen LogP contribution in [0.2, 0.25) is 0 Å². The first-order valence-corrected chi connectivity index (χ1v) is 8.37. The van der Waals surface area contributed by atoms with Gasteiger partial charge in [-0.3, -0.25) is 4.90 Å². The maximum Gasteiger partial charge on any atom is 0.128 e. The second-order valence-electron chi connectivity index (χ2n) is 6.25. The summed E-state index contributed by atoms with van der Waals surface area (Å²) in [6.45, 7) is 6.25. The van der Waals surface area contributed by atoms with Gasteiger partial charge in [0.25, 0.3) is 0 Å². The summed E-state index contributed by atoms with van der Waals surface area (Å²) in [6, 6.07) is 3.47. The Labute approximate surface area is 132 Å². The normalized spacial score (nSPS) is 20.3. The number of nitrogens with zero attached hydrogens (tertiary/aromatic N) is 2. The molecule has 22 heavy (non-hydrogen) atoms. The molecule has 2 heterocycles. The van der Waals surface area contributed by atoms with Crippen molar-refractivity contribution in [2.75, 3.05) is 56.6 Å². The second-order valence-corrected chi connectivity index (χ2v) is 6.25. The van der Waals surface area contributed by atoms with E-state index >= 15 is 0 Å². The van der Waals surface area contributed by atoms with Gasteiger partial charge in [-0.05, 0) is 43.4 Å². The molecular weight excluding hydrogens is 281 g/mol. The van der Waals surface area contributed by atoms with Gasteiger partial charge in [0.2, 0.25) is 0 Å². The van der Waals surface area contributed by atoms with E-state index in [-0.39, 0.29) is 5.82 Å². The Hall–Kier alpha value is -1.33. The molecule has 0 spiro atoms. The number of hydrogen-bond acceptors (Lipinski definition) is 4.